The van der Waals surface area contributed by atoms with E-state index in [0.717, 1.165) is 88.3 Å². The van der Waals surface area contributed by atoms with Gasteiger partial charge in [0.05, 0.1) is 30.7 Å². The lowest BCUT2D eigenvalue weighted by atomic mass is 9.83. The number of nitrogens with one attached hydrogen (secondary N) is 1. The molecule has 3 fully saturated rings. The standard InChI is InChI=1S/C37H52N4O6/c1-5-27-31-22-41(33(27)23(2)42)35(43)32(24-13-8-6-9-14-24)40-36(44)47-37(3)20-12-16-25(37)15-10-7-11-17-29-34(46-31)39-30-21-26(45-4)18-19-28(30)38-29/h18-19,21,24-25,27,31-33H,5-17,20,22H2,1-4H3,(H,40,44)/t25-,27-,31+,32+,33-,37-/m1/s1. The second-order valence-electron chi connectivity index (χ2n) is 14.5. The van der Waals surface area contributed by atoms with Crippen LogP contribution in [-0.2, 0) is 20.7 Å². The molecule has 0 spiro atoms. The van der Waals surface area contributed by atoms with Gasteiger partial charge in [0.15, 0.2) is 5.78 Å². The van der Waals surface area contributed by atoms with E-state index in [2.05, 4.69) is 12.2 Å². The quantitative estimate of drug-likeness (QED) is 0.396. The van der Waals surface area contributed by atoms with Gasteiger partial charge in [-0.3, -0.25) is 9.59 Å². The van der Waals surface area contributed by atoms with Crippen molar-refractivity contribution in [2.24, 2.45) is 17.8 Å². The fourth-order valence-electron chi connectivity index (χ4n) is 8.87. The second-order valence-corrected chi connectivity index (χ2v) is 14.5. The van der Waals surface area contributed by atoms with Gasteiger partial charge in [0.2, 0.25) is 11.8 Å². The predicted molar refractivity (Wildman–Crippen MR) is 178 cm³/mol. The Morgan fingerprint density at radius 2 is 1.77 bits per heavy atom. The van der Waals surface area contributed by atoms with Crippen molar-refractivity contribution in [2.45, 2.75) is 134 Å². The van der Waals surface area contributed by atoms with Crippen molar-refractivity contribution in [2.75, 3.05) is 13.7 Å². The minimum absolute atomic E-state index is 0.0119. The van der Waals surface area contributed by atoms with E-state index in [9.17, 15) is 14.4 Å². The predicted octanol–water partition coefficient (Wildman–Crippen LogP) is 6.56. The first kappa shape index (κ1) is 33.5. The topological polar surface area (TPSA) is 120 Å². The van der Waals surface area contributed by atoms with Gasteiger partial charge < -0.3 is 24.4 Å². The fraction of sp³-hybridized carbons (Fsp3) is 0.703. The Morgan fingerprint density at radius 1 is 1.02 bits per heavy atom. The maximum Gasteiger partial charge on any atom is 0.408 e. The second kappa shape index (κ2) is 14.4. The van der Waals surface area contributed by atoms with E-state index >= 15 is 0 Å². The molecule has 0 unspecified atom stereocenters. The van der Waals surface area contributed by atoms with Crippen LogP contribution in [0.25, 0.3) is 11.0 Å². The average molecular weight is 649 g/mol. The van der Waals surface area contributed by atoms with Crippen molar-refractivity contribution < 1.29 is 28.6 Å². The monoisotopic (exact) mass is 648 g/mol. The summed E-state index contributed by atoms with van der Waals surface area (Å²) in [7, 11) is 1.63. The first-order chi connectivity index (χ1) is 22.7. The van der Waals surface area contributed by atoms with Crippen molar-refractivity contribution in [3.05, 3.63) is 23.9 Å². The number of aromatic nitrogens is 2. The van der Waals surface area contributed by atoms with Crippen LogP contribution in [0.5, 0.6) is 11.6 Å². The minimum Gasteiger partial charge on any atom is -0.497 e. The number of Topliss-reactive ketones (excluding diaryl/α,β-unsaturated/α-hetero) is 1. The van der Waals surface area contributed by atoms with E-state index < -0.39 is 29.9 Å². The molecule has 1 aromatic carbocycles. The van der Waals surface area contributed by atoms with Crippen molar-refractivity contribution in [3.8, 4) is 11.6 Å². The largest absolute Gasteiger partial charge is 0.497 e. The van der Waals surface area contributed by atoms with Crippen molar-refractivity contribution >= 4 is 28.8 Å². The molecular formula is C37H52N4O6. The molecule has 10 nitrogen and oxygen atoms in total. The maximum atomic E-state index is 14.6. The molecule has 2 amide bonds. The van der Waals surface area contributed by atoms with Crippen LogP contribution in [0.2, 0.25) is 0 Å². The molecule has 6 atom stereocenters. The Labute approximate surface area is 278 Å². The summed E-state index contributed by atoms with van der Waals surface area (Å²) < 4.78 is 18.4. The summed E-state index contributed by atoms with van der Waals surface area (Å²) in [4.78, 5) is 53.2. The summed E-state index contributed by atoms with van der Waals surface area (Å²) in [5.74, 6) is 0.878. The number of fused-ring (bicyclic) bond motifs is 5. The maximum absolute atomic E-state index is 14.6. The molecule has 2 bridgehead atoms. The summed E-state index contributed by atoms with van der Waals surface area (Å²) in [6, 6.07) is 4.25. The first-order valence-electron chi connectivity index (χ1n) is 18.0. The van der Waals surface area contributed by atoms with Crippen LogP contribution in [0.4, 0.5) is 4.79 Å². The Bertz CT molecular complexity index is 1460. The number of alkyl carbamates (subject to hydrolysis) is 1. The number of hydrogen-bond acceptors (Lipinski definition) is 8. The van der Waals surface area contributed by atoms with Gasteiger partial charge in [-0.2, -0.15) is 0 Å². The van der Waals surface area contributed by atoms with Crippen LogP contribution >= 0.6 is 0 Å². The lowest BCUT2D eigenvalue weighted by Gasteiger charge is -2.36. The molecule has 47 heavy (non-hydrogen) atoms. The molecule has 10 heteroatoms. The molecule has 4 aliphatic rings. The highest BCUT2D eigenvalue weighted by Crippen LogP contribution is 2.42. The smallest absolute Gasteiger partial charge is 0.408 e. The third kappa shape index (κ3) is 7.07. The molecule has 1 N–H and O–H groups in total. The Morgan fingerprint density at radius 3 is 2.51 bits per heavy atom. The highest BCUT2D eigenvalue weighted by Gasteiger charge is 2.50. The summed E-state index contributed by atoms with van der Waals surface area (Å²) in [5, 5.41) is 3.06. The number of aryl methyl sites for hydroxylation is 1. The number of nitrogens with zero attached hydrogens (tertiary/aromatic N) is 3. The normalized spacial score (nSPS) is 31.1. The highest BCUT2D eigenvalue weighted by atomic mass is 16.6. The molecule has 2 aromatic rings. The number of carbonyl (C=O) groups excluding carboxylic acids is 3. The van der Waals surface area contributed by atoms with Crippen molar-refractivity contribution in [3.63, 3.8) is 0 Å². The summed E-state index contributed by atoms with van der Waals surface area (Å²) in [5.41, 5.74) is 1.68. The molecule has 2 saturated carbocycles. The molecule has 1 saturated heterocycles. The van der Waals surface area contributed by atoms with Crippen LogP contribution in [0.3, 0.4) is 0 Å². The van der Waals surface area contributed by atoms with Crippen LogP contribution in [0, 0.1) is 17.8 Å². The van der Waals surface area contributed by atoms with E-state index in [1.807, 2.05) is 25.1 Å². The van der Waals surface area contributed by atoms with Gasteiger partial charge >= 0.3 is 6.09 Å². The average Bonchev–Trinajstić information content (AvgIpc) is 3.62. The number of benzene rings is 1. The lowest BCUT2D eigenvalue weighted by molar-refractivity contribution is -0.141. The zero-order valence-corrected chi connectivity index (χ0v) is 28.6. The highest BCUT2D eigenvalue weighted by molar-refractivity contribution is 5.92. The van der Waals surface area contributed by atoms with Gasteiger partial charge in [-0.25, -0.2) is 14.8 Å². The van der Waals surface area contributed by atoms with Gasteiger partial charge in [0, 0.05) is 12.0 Å². The Balaban J connectivity index is 1.39. The molecule has 6 rings (SSSR count). The van der Waals surface area contributed by atoms with Crippen molar-refractivity contribution in [1.29, 1.82) is 0 Å². The van der Waals surface area contributed by atoms with Gasteiger partial charge in [0.25, 0.3) is 0 Å². The number of ketones is 1. The van der Waals surface area contributed by atoms with Crippen LogP contribution < -0.4 is 14.8 Å². The summed E-state index contributed by atoms with van der Waals surface area (Å²) in [6.45, 7) is 5.88. The molecule has 1 aromatic heterocycles. The van der Waals surface area contributed by atoms with E-state index in [4.69, 9.17) is 24.2 Å². The number of ether oxygens (including phenoxy) is 3. The third-order valence-electron chi connectivity index (χ3n) is 11.5. The number of amides is 2. The van der Waals surface area contributed by atoms with Gasteiger partial charge in [-0.05, 0) is 95.6 Å². The van der Waals surface area contributed by atoms with Crippen LogP contribution in [0.1, 0.15) is 110 Å². The molecule has 0 radical (unpaired) electrons. The SMILES string of the molecule is CC[C@@H]1[C@@H]2CN(C(=O)[C@H](C3CCCCC3)NC(=O)O[C@]3(C)CCC[C@H]3CCCCCc3nc4ccc(OC)cc4nc3O2)[C@@H]1C(C)=O. The summed E-state index contributed by atoms with van der Waals surface area (Å²) in [6.07, 6.45) is 12.0. The molecule has 2 aliphatic carbocycles. The first-order valence-corrected chi connectivity index (χ1v) is 18.0. The minimum atomic E-state index is -0.758. The molecule has 2 aliphatic heterocycles. The van der Waals surface area contributed by atoms with Crippen LogP contribution in [0.15, 0.2) is 18.2 Å². The van der Waals surface area contributed by atoms with Gasteiger partial charge in [0.1, 0.15) is 29.2 Å². The Kier molecular flexibility index (Phi) is 10.2. The summed E-state index contributed by atoms with van der Waals surface area (Å²) >= 11 is 0. The van der Waals surface area contributed by atoms with E-state index in [1.165, 1.54) is 0 Å². The third-order valence-corrected chi connectivity index (χ3v) is 11.5. The van der Waals surface area contributed by atoms with Crippen molar-refractivity contribution in [1.82, 2.24) is 20.2 Å². The molecule has 3 heterocycles. The number of rotatable bonds is 4. The zero-order valence-electron chi connectivity index (χ0n) is 28.6. The van der Waals surface area contributed by atoms with E-state index in [0.29, 0.717) is 30.0 Å². The molecule has 256 valence electrons. The zero-order chi connectivity index (χ0) is 33.1. The van der Waals surface area contributed by atoms with E-state index in [-0.39, 0.29) is 36.0 Å². The van der Waals surface area contributed by atoms with Gasteiger partial charge in [-0.15, -0.1) is 0 Å². The van der Waals surface area contributed by atoms with E-state index in [1.54, 1.807) is 18.9 Å². The number of hydrogen-bond donors (Lipinski definition) is 1. The number of carbonyl (C=O) groups is 3. The molecular weight excluding hydrogens is 596 g/mol. The van der Waals surface area contributed by atoms with Gasteiger partial charge in [-0.1, -0.05) is 39.0 Å². The van der Waals surface area contributed by atoms with Crippen LogP contribution in [-0.4, -0.2) is 70.1 Å². The Hall–Kier alpha value is -3.43. The number of methoxy groups -OCH3 is 1. The fourth-order valence-corrected chi connectivity index (χ4v) is 8.87. The lowest BCUT2D eigenvalue weighted by Crippen LogP contribution is -2.56.